The topological polar surface area (TPSA) is 94.8 Å². The molecule has 2 aliphatic rings. The van der Waals surface area contributed by atoms with E-state index in [-0.39, 0.29) is 11.7 Å². The number of carboxylic acids is 1. The van der Waals surface area contributed by atoms with Gasteiger partial charge in [0.2, 0.25) is 0 Å². The van der Waals surface area contributed by atoms with Gasteiger partial charge >= 0.3 is 5.97 Å². The number of carbonyl (C=O) groups is 2. The van der Waals surface area contributed by atoms with E-state index in [1.54, 1.807) is 19.9 Å². The minimum atomic E-state index is -1.06. The van der Waals surface area contributed by atoms with Gasteiger partial charge in [-0.15, -0.1) is 0 Å². The first-order chi connectivity index (χ1) is 11.4. The Balaban J connectivity index is 2.23. The fourth-order valence-electron chi connectivity index (χ4n) is 4.63. The third kappa shape index (κ3) is 3.82. The van der Waals surface area contributed by atoms with Gasteiger partial charge < -0.3 is 15.3 Å². The maximum Gasteiger partial charge on any atom is 0.309 e. The van der Waals surface area contributed by atoms with Crippen LogP contribution in [0.5, 0.6) is 0 Å². The van der Waals surface area contributed by atoms with Gasteiger partial charge in [0.1, 0.15) is 0 Å². The summed E-state index contributed by atoms with van der Waals surface area (Å²) in [6.07, 6.45) is 5.05. The summed E-state index contributed by atoms with van der Waals surface area (Å²) in [5, 5.41) is 31.2. The van der Waals surface area contributed by atoms with Gasteiger partial charge in [0.15, 0.2) is 5.78 Å². The summed E-state index contributed by atoms with van der Waals surface area (Å²) in [7, 11) is 0. The zero-order valence-electron chi connectivity index (χ0n) is 15.8. The number of Topliss-reactive ketones (excluding diaryl/α,β-unsaturated/α-hetero) is 1. The van der Waals surface area contributed by atoms with Gasteiger partial charge in [0.05, 0.1) is 16.6 Å². The Hall–Kier alpha value is -1.20. The van der Waals surface area contributed by atoms with Crippen molar-refractivity contribution < 1.29 is 24.9 Å². The van der Waals surface area contributed by atoms with Crippen molar-refractivity contribution in [1.29, 1.82) is 0 Å². The lowest BCUT2D eigenvalue weighted by molar-refractivity contribution is -0.168. The Morgan fingerprint density at radius 1 is 1.24 bits per heavy atom. The van der Waals surface area contributed by atoms with Crippen molar-refractivity contribution >= 4 is 11.8 Å². The zero-order valence-corrected chi connectivity index (χ0v) is 15.8. The smallest absolute Gasteiger partial charge is 0.309 e. The second-order valence-corrected chi connectivity index (χ2v) is 8.76. The average molecular weight is 352 g/mol. The van der Waals surface area contributed by atoms with E-state index in [9.17, 15) is 24.9 Å². The van der Waals surface area contributed by atoms with E-state index in [4.69, 9.17) is 0 Å². The Labute approximate surface area is 150 Å². The molecular weight excluding hydrogens is 320 g/mol. The maximum absolute atomic E-state index is 12.3. The van der Waals surface area contributed by atoms with Crippen molar-refractivity contribution in [2.75, 3.05) is 0 Å². The lowest BCUT2D eigenvalue weighted by atomic mass is 9.59. The molecule has 4 atom stereocenters. The van der Waals surface area contributed by atoms with Crippen LogP contribution in [0, 0.1) is 17.3 Å². The number of hydrogen-bond acceptors (Lipinski definition) is 4. The highest BCUT2D eigenvalue weighted by Gasteiger charge is 2.52. The van der Waals surface area contributed by atoms with E-state index in [1.165, 1.54) is 0 Å². The molecule has 5 heteroatoms. The number of rotatable bonds is 5. The molecule has 0 bridgehead atoms. The molecule has 142 valence electrons. The zero-order chi connectivity index (χ0) is 19.0. The molecule has 3 N–H and O–H groups in total. The molecule has 1 fully saturated rings. The average Bonchev–Trinajstić information content (AvgIpc) is 2.49. The van der Waals surface area contributed by atoms with Crippen LogP contribution in [0.4, 0.5) is 0 Å². The molecule has 0 spiro atoms. The Kier molecular flexibility index (Phi) is 5.50. The summed E-state index contributed by atoms with van der Waals surface area (Å²) in [4.78, 5) is 24.1. The van der Waals surface area contributed by atoms with E-state index in [2.05, 4.69) is 0 Å². The van der Waals surface area contributed by atoms with Gasteiger partial charge in [-0.3, -0.25) is 9.59 Å². The van der Waals surface area contributed by atoms with Crippen LogP contribution in [0.15, 0.2) is 11.6 Å². The van der Waals surface area contributed by atoms with E-state index < -0.39 is 28.5 Å². The molecular formula is C20H32O5. The second kappa shape index (κ2) is 6.84. The number of allylic oxidation sites excluding steroid dienone is 1. The van der Waals surface area contributed by atoms with Crippen LogP contribution < -0.4 is 0 Å². The number of hydrogen-bond donors (Lipinski definition) is 3. The van der Waals surface area contributed by atoms with Crippen molar-refractivity contribution in [3.05, 3.63) is 11.6 Å². The van der Waals surface area contributed by atoms with Crippen molar-refractivity contribution in [3.8, 4) is 0 Å². The third-order valence-electron chi connectivity index (χ3n) is 6.62. The lowest BCUT2D eigenvalue weighted by Gasteiger charge is -2.47. The lowest BCUT2D eigenvalue weighted by Crippen LogP contribution is -2.52. The highest BCUT2D eigenvalue weighted by molar-refractivity contribution is 5.96. The minimum Gasteiger partial charge on any atom is -0.481 e. The van der Waals surface area contributed by atoms with E-state index in [0.717, 1.165) is 0 Å². The summed E-state index contributed by atoms with van der Waals surface area (Å²) >= 11 is 0. The Morgan fingerprint density at radius 3 is 2.44 bits per heavy atom. The summed E-state index contributed by atoms with van der Waals surface area (Å²) in [5.74, 6) is -1.27. The first kappa shape index (κ1) is 20.1. The highest BCUT2D eigenvalue weighted by Crippen LogP contribution is 2.49. The van der Waals surface area contributed by atoms with Gasteiger partial charge in [0, 0.05) is 12.3 Å². The number of aliphatic hydroxyl groups is 2. The fraction of sp³-hybridized carbons (Fsp3) is 0.800. The first-order valence-corrected chi connectivity index (χ1v) is 9.35. The molecule has 0 aliphatic heterocycles. The van der Waals surface area contributed by atoms with Crippen molar-refractivity contribution in [2.45, 2.75) is 83.8 Å². The van der Waals surface area contributed by atoms with Gasteiger partial charge in [-0.1, -0.05) is 13.8 Å². The van der Waals surface area contributed by atoms with Crippen LogP contribution in [0.1, 0.15) is 72.6 Å². The molecule has 2 aliphatic carbocycles. The number of ketones is 1. The summed E-state index contributed by atoms with van der Waals surface area (Å²) < 4.78 is 0. The molecule has 0 heterocycles. The minimum absolute atomic E-state index is 0.0117. The summed E-state index contributed by atoms with van der Waals surface area (Å²) in [6, 6.07) is 0. The van der Waals surface area contributed by atoms with Gasteiger partial charge in [-0.2, -0.15) is 0 Å². The van der Waals surface area contributed by atoms with E-state index >= 15 is 0 Å². The Bertz CT molecular complexity index is 577. The molecule has 2 rings (SSSR count). The summed E-state index contributed by atoms with van der Waals surface area (Å²) in [6.45, 7) is 7.27. The normalized spacial score (nSPS) is 39.4. The molecule has 0 aromatic carbocycles. The molecule has 0 aromatic heterocycles. The van der Waals surface area contributed by atoms with Crippen LogP contribution in [-0.4, -0.2) is 38.3 Å². The van der Waals surface area contributed by atoms with Crippen molar-refractivity contribution in [3.63, 3.8) is 0 Å². The maximum atomic E-state index is 12.3. The van der Waals surface area contributed by atoms with E-state index in [1.807, 2.05) is 13.8 Å². The number of aliphatic carboxylic acids is 1. The van der Waals surface area contributed by atoms with Crippen LogP contribution in [0.3, 0.4) is 0 Å². The van der Waals surface area contributed by atoms with Crippen LogP contribution in [0.25, 0.3) is 0 Å². The van der Waals surface area contributed by atoms with Crippen LogP contribution >= 0.6 is 0 Å². The second-order valence-electron chi connectivity index (χ2n) is 8.76. The van der Waals surface area contributed by atoms with Crippen molar-refractivity contribution in [2.24, 2.45) is 17.3 Å². The standard InChI is InChI=1S/C20H32O5/c1-13(2)20(25)11-8-15(21)14(12-20)6-7-16-18(3,17(22)23)9-5-10-19(16,4)24/h12-13,16,24-25H,5-11H2,1-4H3,(H,22,23)/t16?,18-,19+,20+/m1/s1. The van der Waals surface area contributed by atoms with Gasteiger partial charge in [-0.05, 0) is 69.9 Å². The molecule has 5 nitrogen and oxygen atoms in total. The predicted molar refractivity (Wildman–Crippen MR) is 95.1 cm³/mol. The first-order valence-electron chi connectivity index (χ1n) is 9.35. The number of carbonyl (C=O) groups excluding carboxylic acids is 1. The molecule has 0 saturated heterocycles. The molecule has 0 radical (unpaired) electrons. The summed E-state index contributed by atoms with van der Waals surface area (Å²) in [5.41, 5.74) is -2.45. The van der Waals surface area contributed by atoms with Gasteiger partial charge in [0.25, 0.3) is 0 Å². The van der Waals surface area contributed by atoms with Gasteiger partial charge in [-0.25, -0.2) is 0 Å². The fourth-order valence-corrected chi connectivity index (χ4v) is 4.63. The SMILES string of the molecule is CC(C)[C@@]1(O)C=C(CCC2[C@@](C)(O)CCC[C@@]2(C)C(=O)O)C(=O)CC1. The molecule has 1 unspecified atom stereocenters. The molecule has 25 heavy (non-hydrogen) atoms. The largest absolute Gasteiger partial charge is 0.481 e. The highest BCUT2D eigenvalue weighted by atomic mass is 16.4. The monoisotopic (exact) mass is 352 g/mol. The van der Waals surface area contributed by atoms with Crippen LogP contribution in [0.2, 0.25) is 0 Å². The van der Waals surface area contributed by atoms with Crippen LogP contribution in [-0.2, 0) is 9.59 Å². The molecule has 0 aromatic rings. The predicted octanol–water partition coefficient (Wildman–Crippen LogP) is 3.09. The number of carboxylic acid groups (broad SMARTS) is 1. The third-order valence-corrected chi connectivity index (χ3v) is 6.62. The molecule has 0 amide bonds. The molecule has 1 saturated carbocycles. The van der Waals surface area contributed by atoms with E-state index in [0.29, 0.717) is 50.5 Å². The quantitative estimate of drug-likeness (QED) is 0.707. The Morgan fingerprint density at radius 2 is 1.88 bits per heavy atom. The van der Waals surface area contributed by atoms with Crippen molar-refractivity contribution in [1.82, 2.24) is 0 Å².